The van der Waals surface area contributed by atoms with Crippen LogP contribution >= 0.6 is 0 Å². The van der Waals surface area contributed by atoms with Crippen LogP contribution in [-0.4, -0.2) is 11.5 Å². The summed E-state index contributed by atoms with van der Waals surface area (Å²) in [7, 11) is 0. The van der Waals surface area contributed by atoms with Crippen LogP contribution in [0, 0.1) is 13.8 Å². The second-order valence-corrected chi connectivity index (χ2v) is 5.37. The zero-order valence-electron chi connectivity index (χ0n) is 12.0. The number of hydrogen-bond donors (Lipinski definition) is 2. The van der Waals surface area contributed by atoms with Crippen LogP contribution in [0.15, 0.2) is 48.7 Å². The van der Waals surface area contributed by atoms with Gasteiger partial charge in [0.25, 0.3) is 0 Å². The van der Waals surface area contributed by atoms with Crippen molar-refractivity contribution < 1.29 is 0 Å². The molecule has 0 fully saturated rings. The Morgan fingerprint density at radius 3 is 2.50 bits per heavy atom. The first-order chi connectivity index (χ1) is 9.72. The number of aromatic nitrogens is 1. The minimum Gasteiger partial charge on any atom is -0.361 e. The van der Waals surface area contributed by atoms with E-state index >= 15 is 0 Å². The molecule has 1 heterocycles. The van der Waals surface area contributed by atoms with Crippen LogP contribution in [0.5, 0.6) is 0 Å². The quantitative estimate of drug-likeness (QED) is 0.740. The number of aromatic amines is 1. The first-order valence-electron chi connectivity index (χ1n) is 7.04. The number of rotatable bonds is 3. The van der Waals surface area contributed by atoms with Gasteiger partial charge < -0.3 is 10.7 Å². The monoisotopic (exact) mass is 264 g/mol. The standard InChI is InChI=1S/C18H20N2/c1-12-8-9-15-17(11-20-18(15)13(12)2)16(10-19)14-6-4-3-5-7-14/h3-9,11,16,20H,10,19H2,1-2H3. The smallest absolute Gasteiger partial charge is 0.0489 e. The molecule has 2 nitrogen and oxygen atoms in total. The van der Waals surface area contributed by atoms with E-state index in [2.05, 4.69) is 61.4 Å². The van der Waals surface area contributed by atoms with Crippen molar-refractivity contribution in [2.45, 2.75) is 19.8 Å². The molecule has 0 saturated heterocycles. The molecular formula is C18H20N2. The Morgan fingerprint density at radius 1 is 1.05 bits per heavy atom. The van der Waals surface area contributed by atoms with Gasteiger partial charge in [0, 0.05) is 29.6 Å². The molecule has 0 aliphatic heterocycles. The van der Waals surface area contributed by atoms with Crippen molar-refractivity contribution in [3.05, 3.63) is 70.9 Å². The predicted octanol–water partition coefficient (Wildman–Crippen LogP) is 3.88. The van der Waals surface area contributed by atoms with E-state index in [0.29, 0.717) is 6.54 Å². The Bertz CT molecular complexity index is 726. The number of hydrogen-bond acceptors (Lipinski definition) is 1. The fourth-order valence-electron chi connectivity index (χ4n) is 2.89. The summed E-state index contributed by atoms with van der Waals surface area (Å²) in [5.74, 6) is 0.243. The summed E-state index contributed by atoms with van der Waals surface area (Å²) in [6, 6.07) is 14.9. The highest BCUT2D eigenvalue weighted by Gasteiger charge is 2.17. The third-order valence-electron chi connectivity index (χ3n) is 4.23. The third-order valence-corrected chi connectivity index (χ3v) is 4.23. The van der Waals surface area contributed by atoms with E-state index in [1.54, 1.807) is 0 Å². The van der Waals surface area contributed by atoms with Gasteiger partial charge in [-0.15, -0.1) is 0 Å². The SMILES string of the molecule is Cc1ccc2c(C(CN)c3ccccc3)c[nH]c2c1C. The lowest BCUT2D eigenvalue weighted by Gasteiger charge is -2.15. The Labute approximate surface area is 119 Å². The minimum absolute atomic E-state index is 0.243. The van der Waals surface area contributed by atoms with Crippen molar-refractivity contribution in [1.82, 2.24) is 4.98 Å². The molecule has 0 aliphatic rings. The maximum Gasteiger partial charge on any atom is 0.0489 e. The van der Waals surface area contributed by atoms with Crippen molar-refractivity contribution in [2.24, 2.45) is 5.73 Å². The van der Waals surface area contributed by atoms with Gasteiger partial charge in [0.05, 0.1) is 0 Å². The van der Waals surface area contributed by atoms with Crippen molar-refractivity contribution in [1.29, 1.82) is 0 Å². The maximum absolute atomic E-state index is 6.04. The number of nitrogens with one attached hydrogen (secondary N) is 1. The molecule has 0 aliphatic carbocycles. The lowest BCUT2D eigenvalue weighted by Crippen LogP contribution is -2.13. The fourth-order valence-corrected chi connectivity index (χ4v) is 2.89. The van der Waals surface area contributed by atoms with Gasteiger partial charge >= 0.3 is 0 Å². The highest BCUT2D eigenvalue weighted by molar-refractivity contribution is 5.87. The lowest BCUT2D eigenvalue weighted by atomic mass is 9.90. The van der Waals surface area contributed by atoms with Gasteiger partial charge in [-0.1, -0.05) is 42.5 Å². The Morgan fingerprint density at radius 2 is 1.80 bits per heavy atom. The van der Waals surface area contributed by atoms with Crippen molar-refractivity contribution in [3.63, 3.8) is 0 Å². The van der Waals surface area contributed by atoms with E-state index in [4.69, 9.17) is 5.73 Å². The number of aryl methyl sites for hydroxylation is 2. The van der Waals surface area contributed by atoms with Gasteiger partial charge in [-0.3, -0.25) is 0 Å². The predicted molar refractivity (Wildman–Crippen MR) is 85.1 cm³/mol. The lowest BCUT2D eigenvalue weighted by molar-refractivity contribution is 0.825. The van der Waals surface area contributed by atoms with Crippen molar-refractivity contribution >= 4 is 10.9 Å². The largest absolute Gasteiger partial charge is 0.361 e. The summed E-state index contributed by atoms with van der Waals surface area (Å²) >= 11 is 0. The van der Waals surface area contributed by atoms with Crippen LogP contribution in [-0.2, 0) is 0 Å². The summed E-state index contributed by atoms with van der Waals surface area (Å²) in [5.41, 5.74) is 12.5. The van der Waals surface area contributed by atoms with E-state index in [0.717, 1.165) is 0 Å². The molecule has 102 valence electrons. The highest BCUT2D eigenvalue weighted by atomic mass is 14.7. The molecule has 3 N–H and O–H groups in total. The number of H-pyrrole nitrogens is 1. The maximum atomic E-state index is 6.04. The van der Waals surface area contributed by atoms with Gasteiger partial charge in [0.1, 0.15) is 0 Å². The van der Waals surface area contributed by atoms with Crippen molar-refractivity contribution in [2.75, 3.05) is 6.54 Å². The summed E-state index contributed by atoms with van der Waals surface area (Å²) in [6.45, 7) is 4.93. The first-order valence-corrected chi connectivity index (χ1v) is 7.04. The molecule has 2 aromatic carbocycles. The zero-order chi connectivity index (χ0) is 14.1. The van der Waals surface area contributed by atoms with Crippen LogP contribution in [0.3, 0.4) is 0 Å². The van der Waals surface area contributed by atoms with Crippen LogP contribution in [0.4, 0.5) is 0 Å². The van der Waals surface area contributed by atoms with E-state index in [1.807, 2.05) is 6.07 Å². The van der Waals surface area contributed by atoms with E-state index in [-0.39, 0.29) is 5.92 Å². The molecule has 3 rings (SSSR count). The molecule has 0 bridgehead atoms. The molecule has 0 amide bonds. The zero-order valence-corrected chi connectivity index (χ0v) is 12.0. The first kappa shape index (κ1) is 12.9. The number of nitrogens with two attached hydrogens (primary N) is 1. The summed E-state index contributed by atoms with van der Waals surface area (Å²) in [5, 5.41) is 1.28. The van der Waals surface area contributed by atoms with Gasteiger partial charge in [-0.2, -0.15) is 0 Å². The van der Waals surface area contributed by atoms with Crippen LogP contribution in [0.1, 0.15) is 28.2 Å². The fraction of sp³-hybridized carbons (Fsp3) is 0.222. The summed E-state index contributed by atoms with van der Waals surface area (Å²) in [6.07, 6.45) is 2.11. The Balaban J connectivity index is 2.16. The molecule has 20 heavy (non-hydrogen) atoms. The molecule has 3 aromatic rings. The van der Waals surface area contributed by atoms with Gasteiger partial charge in [0.15, 0.2) is 0 Å². The van der Waals surface area contributed by atoms with Gasteiger partial charge in [-0.25, -0.2) is 0 Å². The minimum atomic E-state index is 0.243. The number of fused-ring (bicyclic) bond motifs is 1. The molecule has 2 heteroatoms. The second-order valence-electron chi connectivity index (χ2n) is 5.37. The van der Waals surface area contributed by atoms with Gasteiger partial charge in [0.2, 0.25) is 0 Å². The molecule has 0 spiro atoms. The second kappa shape index (κ2) is 5.14. The van der Waals surface area contributed by atoms with E-state index in [9.17, 15) is 0 Å². The molecule has 0 saturated carbocycles. The molecule has 1 unspecified atom stereocenters. The average molecular weight is 264 g/mol. The normalized spacial score (nSPS) is 12.8. The summed E-state index contributed by atoms with van der Waals surface area (Å²) < 4.78 is 0. The topological polar surface area (TPSA) is 41.8 Å². The third kappa shape index (κ3) is 2.02. The van der Waals surface area contributed by atoms with Crippen LogP contribution < -0.4 is 5.73 Å². The number of benzene rings is 2. The van der Waals surface area contributed by atoms with Crippen molar-refractivity contribution in [3.8, 4) is 0 Å². The molecule has 1 aromatic heterocycles. The van der Waals surface area contributed by atoms with E-state index in [1.165, 1.54) is 33.2 Å². The van der Waals surface area contributed by atoms with Crippen LogP contribution in [0.2, 0.25) is 0 Å². The molecular weight excluding hydrogens is 244 g/mol. The Hall–Kier alpha value is -2.06. The highest BCUT2D eigenvalue weighted by Crippen LogP contribution is 2.32. The van der Waals surface area contributed by atoms with Gasteiger partial charge in [-0.05, 0) is 36.1 Å². The summed E-state index contributed by atoms with van der Waals surface area (Å²) in [4.78, 5) is 3.43. The van der Waals surface area contributed by atoms with E-state index < -0.39 is 0 Å². The molecule has 1 atom stereocenters. The Kier molecular flexibility index (Phi) is 3.33. The average Bonchev–Trinajstić information content (AvgIpc) is 2.90. The molecule has 0 radical (unpaired) electrons. The van der Waals surface area contributed by atoms with Crippen LogP contribution in [0.25, 0.3) is 10.9 Å².